The first-order valence-electron chi connectivity index (χ1n) is 6.03. The molecule has 17 heavy (non-hydrogen) atoms. The van der Waals surface area contributed by atoms with E-state index in [4.69, 9.17) is 11.6 Å². The minimum atomic E-state index is 0.619. The Balaban J connectivity index is 2.13. The molecule has 1 saturated heterocycles. The largest absolute Gasteiger partial charge is 0.354 e. The van der Waals surface area contributed by atoms with Gasteiger partial charge >= 0.3 is 0 Å². The van der Waals surface area contributed by atoms with Gasteiger partial charge in [0.05, 0.1) is 6.20 Å². The first-order chi connectivity index (χ1) is 8.31. The number of aromatic nitrogens is 2. The van der Waals surface area contributed by atoms with Crippen LogP contribution in [0.5, 0.6) is 0 Å². The molecule has 0 unspecified atom stereocenters. The van der Waals surface area contributed by atoms with Gasteiger partial charge in [-0.3, -0.25) is 0 Å². The number of piperazine rings is 1. The third kappa shape index (κ3) is 3.20. The Morgan fingerprint density at radius 3 is 2.94 bits per heavy atom. The van der Waals surface area contributed by atoms with Crippen LogP contribution < -0.4 is 15.5 Å². The highest BCUT2D eigenvalue weighted by Crippen LogP contribution is 2.23. The quantitative estimate of drug-likeness (QED) is 0.851. The fourth-order valence-electron chi connectivity index (χ4n) is 1.78. The second-order valence-electron chi connectivity index (χ2n) is 4.03. The molecule has 2 N–H and O–H groups in total. The predicted octanol–water partition coefficient (Wildman–Crippen LogP) is 1.36. The van der Waals surface area contributed by atoms with E-state index in [2.05, 4.69) is 32.4 Å². The van der Waals surface area contributed by atoms with Crippen molar-refractivity contribution in [3.63, 3.8) is 0 Å². The number of hydrogen-bond acceptors (Lipinski definition) is 5. The van der Waals surface area contributed by atoms with Gasteiger partial charge in [0, 0.05) is 32.7 Å². The van der Waals surface area contributed by atoms with E-state index >= 15 is 0 Å². The van der Waals surface area contributed by atoms with Crippen LogP contribution in [-0.4, -0.2) is 42.7 Å². The van der Waals surface area contributed by atoms with Crippen molar-refractivity contribution >= 4 is 23.4 Å². The molecule has 0 spiro atoms. The van der Waals surface area contributed by atoms with Gasteiger partial charge in [0.25, 0.3) is 0 Å². The number of halogens is 1. The maximum Gasteiger partial charge on any atom is 0.224 e. The van der Waals surface area contributed by atoms with E-state index in [0.29, 0.717) is 11.0 Å². The average Bonchev–Trinajstić information content (AvgIpc) is 2.39. The van der Waals surface area contributed by atoms with E-state index in [1.807, 2.05) is 0 Å². The Hall–Kier alpha value is -1.07. The molecule has 1 fully saturated rings. The molecule has 0 aromatic carbocycles. The Morgan fingerprint density at radius 2 is 2.24 bits per heavy atom. The fourth-order valence-corrected chi connectivity index (χ4v) is 1.99. The summed E-state index contributed by atoms with van der Waals surface area (Å²) in [5.74, 6) is 1.49. The monoisotopic (exact) mass is 255 g/mol. The molecule has 5 nitrogen and oxygen atoms in total. The summed E-state index contributed by atoms with van der Waals surface area (Å²) >= 11 is 6.15. The van der Waals surface area contributed by atoms with Crippen molar-refractivity contribution in [2.75, 3.05) is 42.9 Å². The van der Waals surface area contributed by atoms with Gasteiger partial charge in [-0.15, -0.1) is 0 Å². The summed E-state index contributed by atoms with van der Waals surface area (Å²) in [5, 5.41) is 7.11. The second kappa shape index (κ2) is 6.02. The third-order valence-corrected chi connectivity index (χ3v) is 2.94. The van der Waals surface area contributed by atoms with Crippen LogP contribution in [0, 0.1) is 0 Å². The number of nitrogens with zero attached hydrogens (tertiary/aromatic N) is 3. The maximum absolute atomic E-state index is 6.15. The highest BCUT2D eigenvalue weighted by atomic mass is 35.5. The molecule has 1 aliphatic rings. The zero-order valence-corrected chi connectivity index (χ0v) is 10.8. The molecule has 1 aromatic heterocycles. The lowest BCUT2D eigenvalue weighted by molar-refractivity contribution is 0.585. The van der Waals surface area contributed by atoms with Crippen LogP contribution in [-0.2, 0) is 0 Å². The van der Waals surface area contributed by atoms with Crippen LogP contribution in [0.1, 0.15) is 13.3 Å². The summed E-state index contributed by atoms with van der Waals surface area (Å²) < 4.78 is 0. The van der Waals surface area contributed by atoms with Gasteiger partial charge in [-0.1, -0.05) is 18.5 Å². The summed E-state index contributed by atoms with van der Waals surface area (Å²) in [6, 6.07) is 0. The number of hydrogen-bond donors (Lipinski definition) is 2. The zero-order chi connectivity index (χ0) is 12.1. The molecule has 2 heterocycles. The lowest BCUT2D eigenvalue weighted by Gasteiger charge is -2.29. The van der Waals surface area contributed by atoms with Gasteiger partial charge in [0.1, 0.15) is 5.02 Å². The first-order valence-corrected chi connectivity index (χ1v) is 6.41. The SMILES string of the molecule is CCCNc1ncc(Cl)c(N2CCNCC2)n1. The summed E-state index contributed by atoms with van der Waals surface area (Å²) in [5.41, 5.74) is 0. The summed E-state index contributed by atoms with van der Waals surface area (Å²) in [7, 11) is 0. The van der Waals surface area contributed by atoms with Gasteiger partial charge in [0.2, 0.25) is 5.95 Å². The zero-order valence-electron chi connectivity index (χ0n) is 10.0. The van der Waals surface area contributed by atoms with Crippen LogP contribution in [0.3, 0.4) is 0 Å². The molecular weight excluding hydrogens is 238 g/mol. The van der Waals surface area contributed by atoms with Crippen molar-refractivity contribution in [1.29, 1.82) is 0 Å². The van der Waals surface area contributed by atoms with E-state index in [0.717, 1.165) is 45.0 Å². The molecule has 0 saturated carbocycles. The standard InChI is InChI=1S/C11H18ClN5/c1-2-3-14-11-15-8-9(12)10(16-11)17-6-4-13-5-7-17/h8,13H,2-7H2,1H3,(H,14,15,16). The smallest absolute Gasteiger partial charge is 0.224 e. The van der Waals surface area contributed by atoms with Crippen molar-refractivity contribution in [1.82, 2.24) is 15.3 Å². The fraction of sp³-hybridized carbons (Fsp3) is 0.636. The summed E-state index contributed by atoms with van der Waals surface area (Å²) in [4.78, 5) is 10.8. The van der Waals surface area contributed by atoms with Crippen LogP contribution in [0.15, 0.2) is 6.20 Å². The number of anilines is 2. The molecule has 2 rings (SSSR count). The number of rotatable bonds is 4. The summed E-state index contributed by atoms with van der Waals surface area (Å²) in [6.07, 6.45) is 2.72. The summed E-state index contributed by atoms with van der Waals surface area (Å²) in [6.45, 7) is 6.80. The van der Waals surface area contributed by atoms with Crippen LogP contribution in [0.25, 0.3) is 0 Å². The first kappa shape index (κ1) is 12.4. The van der Waals surface area contributed by atoms with Crippen molar-refractivity contribution in [3.8, 4) is 0 Å². The van der Waals surface area contributed by atoms with Crippen molar-refractivity contribution in [3.05, 3.63) is 11.2 Å². The van der Waals surface area contributed by atoms with Gasteiger partial charge in [-0.2, -0.15) is 4.98 Å². The van der Waals surface area contributed by atoms with Crippen molar-refractivity contribution in [2.24, 2.45) is 0 Å². The van der Waals surface area contributed by atoms with Crippen LogP contribution in [0.2, 0.25) is 5.02 Å². The molecule has 0 atom stereocenters. The topological polar surface area (TPSA) is 53.1 Å². The Kier molecular flexibility index (Phi) is 4.39. The van der Waals surface area contributed by atoms with Crippen LogP contribution >= 0.6 is 11.6 Å². The lowest BCUT2D eigenvalue weighted by atomic mass is 10.3. The Morgan fingerprint density at radius 1 is 1.47 bits per heavy atom. The van der Waals surface area contributed by atoms with Gasteiger partial charge < -0.3 is 15.5 Å². The highest BCUT2D eigenvalue weighted by molar-refractivity contribution is 6.32. The second-order valence-corrected chi connectivity index (χ2v) is 4.44. The average molecular weight is 256 g/mol. The van der Waals surface area contributed by atoms with Crippen LogP contribution in [0.4, 0.5) is 11.8 Å². The van der Waals surface area contributed by atoms with Gasteiger partial charge in [-0.05, 0) is 6.42 Å². The van der Waals surface area contributed by atoms with Crippen molar-refractivity contribution < 1.29 is 0 Å². The molecule has 0 aliphatic carbocycles. The molecule has 0 radical (unpaired) electrons. The molecule has 6 heteroatoms. The van der Waals surface area contributed by atoms with E-state index in [-0.39, 0.29) is 0 Å². The molecule has 0 amide bonds. The normalized spacial score (nSPS) is 16.0. The number of nitrogens with one attached hydrogen (secondary N) is 2. The minimum Gasteiger partial charge on any atom is -0.354 e. The lowest BCUT2D eigenvalue weighted by Crippen LogP contribution is -2.44. The van der Waals surface area contributed by atoms with Gasteiger partial charge in [0.15, 0.2) is 5.82 Å². The minimum absolute atomic E-state index is 0.619. The molecular formula is C11H18ClN5. The Bertz CT molecular complexity index is 365. The molecule has 94 valence electrons. The molecule has 1 aliphatic heterocycles. The highest BCUT2D eigenvalue weighted by Gasteiger charge is 2.15. The molecule has 1 aromatic rings. The van der Waals surface area contributed by atoms with Gasteiger partial charge in [-0.25, -0.2) is 4.98 Å². The molecule has 0 bridgehead atoms. The van der Waals surface area contributed by atoms with E-state index in [9.17, 15) is 0 Å². The van der Waals surface area contributed by atoms with Crippen molar-refractivity contribution in [2.45, 2.75) is 13.3 Å². The van der Waals surface area contributed by atoms with E-state index < -0.39 is 0 Å². The maximum atomic E-state index is 6.15. The Labute approximate surface area is 107 Å². The van der Waals surface area contributed by atoms with E-state index in [1.54, 1.807) is 6.20 Å². The third-order valence-electron chi connectivity index (χ3n) is 2.68. The predicted molar refractivity (Wildman–Crippen MR) is 70.9 cm³/mol. The van der Waals surface area contributed by atoms with E-state index in [1.165, 1.54) is 0 Å².